The molecule has 4 rings (SSSR count). The Morgan fingerprint density at radius 3 is 2.49 bits per heavy atom. The van der Waals surface area contributed by atoms with E-state index in [2.05, 4.69) is 42.4 Å². The van der Waals surface area contributed by atoms with Crippen molar-refractivity contribution >= 4 is 42.1 Å². The van der Waals surface area contributed by atoms with Crippen LogP contribution >= 0.6 is 11.3 Å². The molecule has 0 fully saturated rings. The number of methoxy groups -OCH3 is 1. The lowest BCUT2D eigenvalue weighted by Gasteiger charge is -2.17. The van der Waals surface area contributed by atoms with Crippen molar-refractivity contribution in [3.63, 3.8) is 0 Å². The molecule has 0 aliphatic carbocycles. The molecule has 35 heavy (non-hydrogen) atoms. The van der Waals surface area contributed by atoms with Gasteiger partial charge in [0.15, 0.2) is 0 Å². The summed E-state index contributed by atoms with van der Waals surface area (Å²) in [6.45, 7) is 8.18. The molecule has 0 N–H and O–H groups in total. The third-order valence-corrected chi connectivity index (χ3v) is 8.59. The largest absolute Gasteiger partial charge is 0.469 e. The first-order valence-corrected chi connectivity index (χ1v) is 16.3. The van der Waals surface area contributed by atoms with Crippen LogP contribution in [0.2, 0.25) is 25.7 Å². The number of ketones is 1. The molecule has 0 saturated heterocycles. The Morgan fingerprint density at radius 1 is 1.00 bits per heavy atom. The van der Waals surface area contributed by atoms with Crippen LogP contribution in [0, 0.1) is 0 Å². The van der Waals surface area contributed by atoms with Crippen LogP contribution < -0.4 is 0 Å². The summed E-state index contributed by atoms with van der Waals surface area (Å²) in [5.74, 6) is -0.370. The highest BCUT2D eigenvalue weighted by Gasteiger charge is 2.18. The molecular weight excluding hydrogens is 474 g/mol. The van der Waals surface area contributed by atoms with Gasteiger partial charge < -0.3 is 14.0 Å². The summed E-state index contributed by atoms with van der Waals surface area (Å²) in [5.41, 5.74) is 4.54. The van der Waals surface area contributed by atoms with Crippen molar-refractivity contribution in [1.29, 1.82) is 0 Å². The Bertz CT molecular complexity index is 1330. The van der Waals surface area contributed by atoms with Crippen LogP contribution in [0.15, 0.2) is 66.0 Å². The molecule has 0 unspecified atom stereocenters. The van der Waals surface area contributed by atoms with Crippen molar-refractivity contribution < 1.29 is 19.1 Å². The summed E-state index contributed by atoms with van der Waals surface area (Å²) < 4.78 is 13.0. The Balaban J connectivity index is 1.66. The third kappa shape index (κ3) is 6.17. The van der Waals surface area contributed by atoms with E-state index in [1.165, 1.54) is 18.4 Å². The first-order chi connectivity index (χ1) is 16.7. The van der Waals surface area contributed by atoms with Gasteiger partial charge in [-0.2, -0.15) is 0 Å². The number of hydrogen-bond acceptors (Lipinski definition) is 5. The van der Waals surface area contributed by atoms with E-state index in [0.29, 0.717) is 17.2 Å². The summed E-state index contributed by atoms with van der Waals surface area (Å²) in [6.07, 6.45) is 0.164. The van der Waals surface area contributed by atoms with E-state index in [0.717, 1.165) is 40.4 Å². The van der Waals surface area contributed by atoms with Gasteiger partial charge in [-0.3, -0.25) is 9.59 Å². The molecule has 7 heteroatoms. The minimum absolute atomic E-state index is 0.0540. The average Bonchev–Trinajstić information content (AvgIpc) is 3.45. The number of carbonyl (C=O) groups excluding carboxylic acids is 2. The molecular formula is C28H31NO4SSi. The molecule has 4 aromatic rings. The van der Waals surface area contributed by atoms with E-state index in [1.54, 1.807) is 6.07 Å². The number of ether oxygens (including phenoxy) is 2. The highest BCUT2D eigenvalue weighted by Crippen LogP contribution is 2.30. The molecule has 182 valence electrons. The fraction of sp³-hybridized carbons (Fsp3) is 0.286. The normalized spacial score (nSPS) is 11.7. The fourth-order valence-corrected chi connectivity index (χ4v) is 5.52. The standard InChI is InChI=1S/C28H31NO4SSi/c1-32-27(30)15-20-14-26(34-18-20)28(31)23-11-10-22-16-24(21-8-6-5-7-9-21)29(25(22)17-23)19-33-12-13-35(2,3)4/h5-11,14,16-18H,12-13,15,19H2,1-4H3. The number of carbonyl (C=O) groups is 2. The Hall–Kier alpha value is -3.00. The van der Waals surface area contributed by atoms with E-state index in [-0.39, 0.29) is 18.2 Å². The molecule has 2 heterocycles. The topological polar surface area (TPSA) is 57.5 Å². The van der Waals surface area contributed by atoms with Gasteiger partial charge in [0, 0.05) is 25.6 Å². The van der Waals surface area contributed by atoms with Gasteiger partial charge in [-0.15, -0.1) is 11.3 Å². The second-order valence-corrected chi connectivity index (χ2v) is 16.4. The monoisotopic (exact) mass is 505 g/mol. The van der Waals surface area contributed by atoms with Crippen LogP contribution in [-0.2, 0) is 27.4 Å². The van der Waals surface area contributed by atoms with Gasteiger partial charge in [0.25, 0.3) is 0 Å². The van der Waals surface area contributed by atoms with Crippen LogP contribution in [0.1, 0.15) is 20.8 Å². The van der Waals surface area contributed by atoms with Gasteiger partial charge in [-0.05, 0) is 40.8 Å². The van der Waals surface area contributed by atoms with Crippen molar-refractivity contribution in [1.82, 2.24) is 4.57 Å². The van der Waals surface area contributed by atoms with Crippen LogP contribution in [0.25, 0.3) is 22.2 Å². The molecule has 0 bridgehead atoms. The number of thiophene rings is 1. The average molecular weight is 506 g/mol. The predicted octanol–water partition coefficient (Wildman–Crippen LogP) is 6.63. The molecule has 0 amide bonds. The molecule has 5 nitrogen and oxygen atoms in total. The summed E-state index contributed by atoms with van der Waals surface area (Å²) in [4.78, 5) is 25.5. The lowest BCUT2D eigenvalue weighted by molar-refractivity contribution is -0.139. The first kappa shape index (κ1) is 25.1. The zero-order chi connectivity index (χ0) is 25.0. The Kier molecular flexibility index (Phi) is 7.69. The summed E-state index contributed by atoms with van der Waals surface area (Å²) in [6, 6.07) is 21.1. The van der Waals surface area contributed by atoms with Gasteiger partial charge >= 0.3 is 5.97 Å². The second-order valence-electron chi connectivity index (χ2n) is 9.85. The zero-order valence-corrected chi connectivity index (χ0v) is 22.5. The van der Waals surface area contributed by atoms with Gasteiger partial charge in [0.1, 0.15) is 6.73 Å². The van der Waals surface area contributed by atoms with E-state index >= 15 is 0 Å². The molecule has 0 aliphatic heterocycles. The predicted molar refractivity (Wildman–Crippen MR) is 145 cm³/mol. The maximum absolute atomic E-state index is 13.3. The molecule has 0 saturated carbocycles. The maximum Gasteiger partial charge on any atom is 0.310 e. The molecule has 2 aromatic heterocycles. The van der Waals surface area contributed by atoms with Crippen molar-refractivity contribution in [2.45, 2.75) is 38.8 Å². The van der Waals surface area contributed by atoms with E-state index in [9.17, 15) is 9.59 Å². The molecule has 0 atom stereocenters. The minimum atomic E-state index is -1.19. The number of aromatic nitrogens is 1. The quantitative estimate of drug-likeness (QED) is 0.105. The second kappa shape index (κ2) is 10.7. The highest BCUT2D eigenvalue weighted by molar-refractivity contribution is 7.12. The third-order valence-electron chi connectivity index (χ3n) is 5.91. The van der Waals surface area contributed by atoms with Gasteiger partial charge in [-0.1, -0.05) is 62.1 Å². The van der Waals surface area contributed by atoms with E-state index < -0.39 is 8.07 Å². The lowest BCUT2D eigenvalue weighted by Crippen LogP contribution is -2.22. The zero-order valence-electron chi connectivity index (χ0n) is 20.7. The van der Waals surface area contributed by atoms with Crippen LogP contribution in [0.5, 0.6) is 0 Å². The van der Waals surface area contributed by atoms with Gasteiger partial charge in [-0.25, -0.2) is 0 Å². The maximum atomic E-state index is 13.3. The smallest absolute Gasteiger partial charge is 0.310 e. The van der Waals surface area contributed by atoms with E-state index in [4.69, 9.17) is 9.47 Å². The number of hydrogen-bond donors (Lipinski definition) is 0. The molecule has 0 spiro atoms. The Morgan fingerprint density at radius 2 is 1.77 bits per heavy atom. The highest BCUT2D eigenvalue weighted by atomic mass is 32.1. The number of nitrogens with zero attached hydrogens (tertiary/aromatic N) is 1. The van der Waals surface area contributed by atoms with E-state index in [1.807, 2.05) is 41.8 Å². The Labute approximate surface area is 211 Å². The van der Waals surface area contributed by atoms with Crippen LogP contribution in [0.4, 0.5) is 0 Å². The van der Waals surface area contributed by atoms with Crippen molar-refractivity contribution in [3.8, 4) is 11.3 Å². The summed E-state index contributed by atoms with van der Waals surface area (Å²) >= 11 is 1.35. The number of fused-ring (bicyclic) bond motifs is 1. The van der Waals surface area contributed by atoms with Crippen LogP contribution in [-0.4, -0.2) is 38.1 Å². The number of esters is 1. The number of benzene rings is 2. The first-order valence-electron chi connectivity index (χ1n) is 11.7. The van der Waals surface area contributed by atoms with Gasteiger partial charge in [0.2, 0.25) is 5.78 Å². The molecule has 0 aliphatic rings. The summed E-state index contributed by atoms with van der Waals surface area (Å²) in [7, 11) is 0.175. The molecule has 0 radical (unpaired) electrons. The SMILES string of the molecule is COC(=O)Cc1csc(C(=O)c2ccc3cc(-c4ccccc4)n(COCC[Si](C)(C)C)c3c2)c1. The fourth-order valence-electron chi connectivity index (χ4n) is 3.89. The summed E-state index contributed by atoms with van der Waals surface area (Å²) in [5, 5.41) is 2.90. The van der Waals surface area contributed by atoms with Crippen molar-refractivity contribution in [2.75, 3.05) is 13.7 Å². The number of rotatable bonds is 10. The van der Waals surface area contributed by atoms with Gasteiger partial charge in [0.05, 0.1) is 29.6 Å². The minimum Gasteiger partial charge on any atom is -0.469 e. The lowest BCUT2D eigenvalue weighted by atomic mass is 10.1. The van der Waals surface area contributed by atoms with Crippen molar-refractivity contribution in [2.24, 2.45) is 0 Å². The van der Waals surface area contributed by atoms with Crippen LogP contribution in [0.3, 0.4) is 0 Å². The molecule has 2 aromatic carbocycles. The van der Waals surface area contributed by atoms with Crippen molar-refractivity contribution in [3.05, 3.63) is 82.0 Å².